The Bertz CT molecular complexity index is 1240. The van der Waals surface area contributed by atoms with Crippen molar-refractivity contribution in [3.63, 3.8) is 0 Å². The molecule has 7 nitrogen and oxygen atoms in total. The first-order valence-corrected chi connectivity index (χ1v) is 11.7. The van der Waals surface area contributed by atoms with Crippen molar-refractivity contribution in [2.45, 2.75) is 53.0 Å². The van der Waals surface area contributed by atoms with Crippen molar-refractivity contribution in [2.24, 2.45) is 5.92 Å². The summed E-state index contributed by atoms with van der Waals surface area (Å²) in [7, 11) is 0. The van der Waals surface area contributed by atoms with Gasteiger partial charge in [0.15, 0.2) is 0 Å². The van der Waals surface area contributed by atoms with E-state index >= 15 is 0 Å². The van der Waals surface area contributed by atoms with Crippen molar-refractivity contribution >= 4 is 5.91 Å². The van der Waals surface area contributed by atoms with Crippen molar-refractivity contribution in [3.05, 3.63) is 83.4 Å². The minimum absolute atomic E-state index is 0.0601. The second kappa shape index (κ2) is 10.5. The molecule has 0 unspecified atom stereocenters. The summed E-state index contributed by atoms with van der Waals surface area (Å²) in [5, 5.41) is 15.9. The minimum atomic E-state index is -0.0901. The summed E-state index contributed by atoms with van der Waals surface area (Å²) in [5.41, 5.74) is 4.34. The van der Waals surface area contributed by atoms with Gasteiger partial charge in [-0.25, -0.2) is 4.68 Å². The van der Waals surface area contributed by atoms with Crippen LogP contribution in [0.1, 0.15) is 54.7 Å². The summed E-state index contributed by atoms with van der Waals surface area (Å²) in [6.45, 7) is 8.12. The molecule has 2 heterocycles. The van der Waals surface area contributed by atoms with Crippen LogP contribution in [-0.2, 0) is 12.8 Å². The molecule has 1 atom stereocenters. The molecule has 0 aliphatic heterocycles. The van der Waals surface area contributed by atoms with Crippen LogP contribution in [0.15, 0.2) is 65.1 Å². The Morgan fingerprint density at radius 1 is 1.03 bits per heavy atom. The van der Waals surface area contributed by atoms with E-state index in [1.54, 1.807) is 6.92 Å². The van der Waals surface area contributed by atoms with Gasteiger partial charge in [-0.1, -0.05) is 50.2 Å². The van der Waals surface area contributed by atoms with Gasteiger partial charge in [-0.2, -0.15) is 5.10 Å². The molecule has 0 spiro atoms. The molecular weight excluding hydrogens is 426 g/mol. The average Bonchev–Trinajstić information content (AvgIpc) is 3.44. The minimum Gasteiger partial charge on any atom is -0.420 e. The van der Waals surface area contributed by atoms with Crippen LogP contribution >= 0.6 is 0 Å². The van der Waals surface area contributed by atoms with Crippen LogP contribution in [0, 0.1) is 12.8 Å². The SMILES string of the molecule is Cc1nnc(-c2cc(CC(C)C)n(-c3cccc(C(=O)N[C@H](C)CCc4ccccc4)c3)n2)o1. The number of hydrogen-bond donors (Lipinski definition) is 1. The summed E-state index contributed by atoms with van der Waals surface area (Å²) < 4.78 is 7.44. The predicted octanol–water partition coefficient (Wildman–Crippen LogP) is 5.18. The maximum absolute atomic E-state index is 13.0. The van der Waals surface area contributed by atoms with Crippen molar-refractivity contribution in [1.82, 2.24) is 25.3 Å². The van der Waals surface area contributed by atoms with E-state index in [2.05, 4.69) is 41.5 Å². The van der Waals surface area contributed by atoms with Gasteiger partial charge in [0.25, 0.3) is 11.8 Å². The molecule has 2 aromatic heterocycles. The van der Waals surface area contributed by atoms with E-state index in [9.17, 15) is 4.79 Å². The van der Waals surface area contributed by atoms with Crippen molar-refractivity contribution in [1.29, 1.82) is 0 Å². The van der Waals surface area contributed by atoms with Gasteiger partial charge in [0.05, 0.1) is 5.69 Å². The van der Waals surface area contributed by atoms with Crippen LogP contribution in [0.25, 0.3) is 17.3 Å². The Balaban J connectivity index is 1.52. The second-order valence-electron chi connectivity index (χ2n) is 9.11. The number of aryl methyl sites for hydroxylation is 2. The molecule has 4 rings (SSSR count). The molecule has 1 N–H and O–H groups in total. The van der Waals surface area contributed by atoms with Crippen molar-refractivity contribution in [2.75, 3.05) is 0 Å². The van der Waals surface area contributed by atoms with E-state index in [-0.39, 0.29) is 11.9 Å². The Labute approximate surface area is 200 Å². The third-order valence-corrected chi connectivity index (χ3v) is 5.58. The molecule has 34 heavy (non-hydrogen) atoms. The number of carbonyl (C=O) groups is 1. The lowest BCUT2D eigenvalue weighted by atomic mass is 10.1. The normalized spacial score (nSPS) is 12.1. The fourth-order valence-corrected chi connectivity index (χ4v) is 3.90. The van der Waals surface area contributed by atoms with Crippen molar-refractivity contribution in [3.8, 4) is 17.3 Å². The fraction of sp³-hybridized carbons (Fsp3) is 0.333. The molecular formula is C27H31N5O2. The number of carbonyl (C=O) groups excluding carboxylic acids is 1. The standard InChI is InChI=1S/C27H31N5O2/c1-18(2)15-24-17-25(27-30-29-20(4)34-27)31-32(24)23-12-8-11-22(16-23)26(33)28-19(3)13-14-21-9-6-5-7-10-21/h5-12,16-19H,13-15H2,1-4H3,(H,28,33)/t19-/m1/s1. The molecule has 0 radical (unpaired) electrons. The molecule has 2 aromatic carbocycles. The van der Waals surface area contributed by atoms with Gasteiger partial charge >= 0.3 is 0 Å². The Kier molecular flexibility index (Phi) is 7.21. The van der Waals surface area contributed by atoms with E-state index in [1.807, 2.05) is 60.1 Å². The molecule has 0 aliphatic rings. The lowest BCUT2D eigenvalue weighted by Crippen LogP contribution is -2.33. The van der Waals surface area contributed by atoms with Gasteiger partial charge in [-0.3, -0.25) is 4.79 Å². The van der Waals surface area contributed by atoms with Gasteiger partial charge < -0.3 is 9.73 Å². The zero-order valence-corrected chi connectivity index (χ0v) is 20.2. The van der Waals surface area contributed by atoms with Gasteiger partial charge in [0.2, 0.25) is 5.89 Å². The summed E-state index contributed by atoms with van der Waals surface area (Å²) in [4.78, 5) is 13.0. The third-order valence-electron chi connectivity index (χ3n) is 5.58. The molecule has 0 bridgehead atoms. The molecule has 0 fully saturated rings. The fourth-order valence-electron chi connectivity index (χ4n) is 3.90. The highest BCUT2D eigenvalue weighted by atomic mass is 16.4. The van der Waals surface area contributed by atoms with Crippen LogP contribution in [-0.4, -0.2) is 31.9 Å². The highest BCUT2D eigenvalue weighted by molar-refractivity contribution is 5.94. The highest BCUT2D eigenvalue weighted by Gasteiger charge is 2.18. The summed E-state index contributed by atoms with van der Waals surface area (Å²) in [6, 6.07) is 19.9. The first-order valence-electron chi connectivity index (χ1n) is 11.7. The summed E-state index contributed by atoms with van der Waals surface area (Å²) in [6.07, 6.45) is 2.62. The first-order chi connectivity index (χ1) is 16.4. The molecule has 176 valence electrons. The van der Waals surface area contributed by atoms with Gasteiger partial charge in [-0.15, -0.1) is 10.2 Å². The zero-order chi connectivity index (χ0) is 24.1. The number of aromatic nitrogens is 4. The third kappa shape index (κ3) is 5.78. The van der Waals surface area contributed by atoms with E-state index in [0.29, 0.717) is 29.0 Å². The van der Waals surface area contributed by atoms with Crippen LogP contribution < -0.4 is 5.32 Å². The maximum Gasteiger partial charge on any atom is 0.268 e. The van der Waals surface area contributed by atoms with E-state index in [1.165, 1.54) is 5.56 Å². The summed E-state index contributed by atoms with van der Waals surface area (Å²) in [5.74, 6) is 1.23. The number of benzene rings is 2. The smallest absolute Gasteiger partial charge is 0.268 e. The predicted molar refractivity (Wildman–Crippen MR) is 132 cm³/mol. The lowest BCUT2D eigenvalue weighted by molar-refractivity contribution is 0.0938. The van der Waals surface area contributed by atoms with Crippen LogP contribution in [0.5, 0.6) is 0 Å². The van der Waals surface area contributed by atoms with Crippen LogP contribution in [0.3, 0.4) is 0 Å². The molecule has 0 saturated heterocycles. The topological polar surface area (TPSA) is 85.8 Å². The van der Waals surface area contributed by atoms with Gasteiger partial charge in [0, 0.05) is 24.2 Å². The number of nitrogens with one attached hydrogen (secondary N) is 1. The highest BCUT2D eigenvalue weighted by Crippen LogP contribution is 2.23. The molecule has 7 heteroatoms. The number of nitrogens with zero attached hydrogens (tertiary/aromatic N) is 4. The second-order valence-corrected chi connectivity index (χ2v) is 9.11. The number of amides is 1. The number of rotatable bonds is 9. The Morgan fingerprint density at radius 3 is 2.53 bits per heavy atom. The monoisotopic (exact) mass is 457 g/mol. The van der Waals surface area contributed by atoms with Crippen LogP contribution in [0.2, 0.25) is 0 Å². The zero-order valence-electron chi connectivity index (χ0n) is 20.2. The molecule has 4 aromatic rings. The van der Waals surface area contributed by atoms with E-state index in [4.69, 9.17) is 9.52 Å². The Morgan fingerprint density at radius 2 is 1.82 bits per heavy atom. The largest absolute Gasteiger partial charge is 0.420 e. The van der Waals surface area contributed by atoms with Crippen molar-refractivity contribution < 1.29 is 9.21 Å². The maximum atomic E-state index is 13.0. The lowest BCUT2D eigenvalue weighted by Gasteiger charge is -2.15. The quantitative estimate of drug-likeness (QED) is 0.374. The molecule has 0 saturated carbocycles. The first kappa shape index (κ1) is 23.4. The molecule has 1 amide bonds. The van der Waals surface area contributed by atoms with E-state index in [0.717, 1.165) is 30.6 Å². The number of hydrogen-bond acceptors (Lipinski definition) is 5. The average molecular weight is 458 g/mol. The van der Waals surface area contributed by atoms with E-state index < -0.39 is 0 Å². The van der Waals surface area contributed by atoms with Gasteiger partial charge in [0.1, 0.15) is 5.69 Å². The molecule has 0 aliphatic carbocycles. The Hall–Kier alpha value is -3.74. The van der Waals surface area contributed by atoms with Gasteiger partial charge in [-0.05, 0) is 61.9 Å². The van der Waals surface area contributed by atoms with Crippen LogP contribution in [0.4, 0.5) is 0 Å². The summed E-state index contributed by atoms with van der Waals surface area (Å²) >= 11 is 0.